The molecule has 1 aliphatic heterocycles. The zero-order valence-corrected chi connectivity index (χ0v) is 13.6. The zero-order chi connectivity index (χ0) is 15.5. The highest BCUT2D eigenvalue weighted by molar-refractivity contribution is 5.77. The average molecular weight is 306 g/mol. The summed E-state index contributed by atoms with van der Waals surface area (Å²) in [6.07, 6.45) is 5.58. The fourth-order valence-electron chi connectivity index (χ4n) is 2.77. The van der Waals surface area contributed by atoms with Gasteiger partial charge in [-0.3, -0.25) is 9.69 Å². The number of likely N-dealkylation sites (N-methyl/N-ethyl adjacent to an activating group) is 1. The third-order valence-electron chi connectivity index (χ3n) is 4.43. The maximum absolute atomic E-state index is 11.9. The second-order valence-electron chi connectivity index (χ2n) is 6.64. The standard InChI is InChI=1S/C16H26N4O2/c1-18(2)16(21)9-19-6-3-7-20-12-17-14(15(20)8-19)11-22-10-13-4-5-13/h12-13H,3-11H2,1-2H3. The van der Waals surface area contributed by atoms with Gasteiger partial charge in [0.25, 0.3) is 0 Å². The summed E-state index contributed by atoms with van der Waals surface area (Å²) >= 11 is 0. The van der Waals surface area contributed by atoms with Crippen molar-refractivity contribution in [2.45, 2.75) is 39.0 Å². The van der Waals surface area contributed by atoms with Gasteiger partial charge in [-0.2, -0.15) is 0 Å². The lowest BCUT2D eigenvalue weighted by atomic mass is 10.3. The van der Waals surface area contributed by atoms with Crippen LogP contribution in [0.3, 0.4) is 0 Å². The lowest BCUT2D eigenvalue weighted by Crippen LogP contribution is -2.36. The summed E-state index contributed by atoms with van der Waals surface area (Å²) in [5, 5.41) is 0. The molecule has 122 valence electrons. The summed E-state index contributed by atoms with van der Waals surface area (Å²) in [5.41, 5.74) is 2.24. The monoisotopic (exact) mass is 306 g/mol. The Morgan fingerprint density at radius 3 is 2.95 bits per heavy atom. The van der Waals surface area contributed by atoms with Crippen LogP contribution < -0.4 is 0 Å². The molecule has 0 saturated heterocycles. The largest absolute Gasteiger partial charge is 0.375 e. The van der Waals surface area contributed by atoms with Gasteiger partial charge in [-0.1, -0.05) is 0 Å². The van der Waals surface area contributed by atoms with Gasteiger partial charge >= 0.3 is 0 Å². The van der Waals surface area contributed by atoms with E-state index in [1.165, 1.54) is 18.5 Å². The first kappa shape index (κ1) is 15.5. The summed E-state index contributed by atoms with van der Waals surface area (Å²) < 4.78 is 8.01. The van der Waals surface area contributed by atoms with Crippen molar-refractivity contribution in [3.8, 4) is 0 Å². The van der Waals surface area contributed by atoms with E-state index < -0.39 is 0 Å². The molecule has 1 amide bonds. The Balaban J connectivity index is 1.62. The number of imidazole rings is 1. The Hall–Kier alpha value is -1.40. The SMILES string of the molecule is CN(C)C(=O)CN1CCCn2cnc(COCC3CC3)c2C1. The van der Waals surface area contributed by atoms with Crippen LogP contribution in [0.15, 0.2) is 6.33 Å². The van der Waals surface area contributed by atoms with Gasteiger partial charge in [-0.05, 0) is 25.2 Å². The molecule has 6 heteroatoms. The van der Waals surface area contributed by atoms with Crippen LogP contribution in [0.1, 0.15) is 30.7 Å². The Kier molecular flexibility index (Phi) is 4.78. The van der Waals surface area contributed by atoms with Crippen LogP contribution in [0.4, 0.5) is 0 Å². The Morgan fingerprint density at radius 2 is 2.23 bits per heavy atom. The third kappa shape index (κ3) is 3.87. The highest BCUT2D eigenvalue weighted by Gasteiger charge is 2.23. The number of amides is 1. The number of rotatable bonds is 6. The van der Waals surface area contributed by atoms with E-state index in [1.54, 1.807) is 4.90 Å². The number of hydrogen-bond acceptors (Lipinski definition) is 4. The van der Waals surface area contributed by atoms with Crippen molar-refractivity contribution >= 4 is 5.91 Å². The van der Waals surface area contributed by atoms with E-state index in [0.717, 1.165) is 44.3 Å². The molecule has 1 aliphatic carbocycles. The molecule has 0 aromatic carbocycles. The Bertz CT molecular complexity index is 522. The van der Waals surface area contributed by atoms with Crippen LogP contribution in [0.2, 0.25) is 0 Å². The maximum atomic E-state index is 11.9. The third-order valence-corrected chi connectivity index (χ3v) is 4.43. The number of ether oxygens (including phenoxy) is 1. The van der Waals surface area contributed by atoms with E-state index in [4.69, 9.17) is 4.74 Å². The number of carbonyl (C=O) groups is 1. The average Bonchev–Trinajstić information content (AvgIpc) is 3.26. The van der Waals surface area contributed by atoms with Gasteiger partial charge in [0.05, 0.1) is 30.9 Å². The minimum Gasteiger partial charge on any atom is -0.375 e. The molecule has 6 nitrogen and oxygen atoms in total. The first-order chi connectivity index (χ1) is 10.6. The quantitative estimate of drug-likeness (QED) is 0.790. The van der Waals surface area contributed by atoms with E-state index in [1.807, 2.05) is 20.4 Å². The van der Waals surface area contributed by atoms with Gasteiger partial charge in [0.1, 0.15) is 0 Å². The molecular formula is C16H26N4O2. The topological polar surface area (TPSA) is 50.6 Å². The van der Waals surface area contributed by atoms with E-state index in [2.05, 4.69) is 14.5 Å². The van der Waals surface area contributed by atoms with Crippen LogP contribution in [0.25, 0.3) is 0 Å². The minimum atomic E-state index is 0.152. The number of aryl methyl sites for hydroxylation is 1. The molecule has 0 N–H and O–H groups in total. The fraction of sp³-hybridized carbons (Fsp3) is 0.750. The van der Waals surface area contributed by atoms with Crippen molar-refractivity contribution < 1.29 is 9.53 Å². The molecule has 22 heavy (non-hydrogen) atoms. The summed E-state index contributed by atoms with van der Waals surface area (Å²) in [7, 11) is 3.61. The molecule has 1 aromatic heterocycles. The van der Waals surface area contributed by atoms with Crippen molar-refractivity contribution in [1.29, 1.82) is 0 Å². The molecule has 2 aliphatic rings. The minimum absolute atomic E-state index is 0.152. The van der Waals surface area contributed by atoms with Gasteiger partial charge in [0.2, 0.25) is 5.91 Å². The molecular weight excluding hydrogens is 280 g/mol. The molecule has 0 spiro atoms. The smallest absolute Gasteiger partial charge is 0.236 e. The summed E-state index contributed by atoms with van der Waals surface area (Å²) in [6, 6.07) is 0. The van der Waals surface area contributed by atoms with Crippen molar-refractivity contribution in [2.24, 2.45) is 5.92 Å². The first-order valence-electron chi connectivity index (χ1n) is 8.16. The molecule has 3 rings (SSSR count). The van der Waals surface area contributed by atoms with Gasteiger partial charge < -0.3 is 14.2 Å². The van der Waals surface area contributed by atoms with Crippen molar-refractivity contribution in [2.75, 3.05) is 33.8 Å². The van der Waals surface area contributed by atoms with Gasteiger partial charge in [0.15, 0.2) is 0 Å². The number of carbonyl (C=O) groups excluding carboxylic acids is 1. The Labute approximate surface area is 132 Å². The van der Waals surface area contributed by atoms with Crippen LogP contribution in [-0.2, 0) is 29.2 Å². The summed E-state index contributed by atoms with van der Waals surface area (Å²) in [5.74, 6) is 0.926. The second kappa shape index (κ2) is 6.79. The van der Waals surface area contributed by atoms with E-state index in [9.17, 15) is 4.79 Å². The van der Waals surface area contributed by atoms with Crippen LogP contribution in [0.5, 0.6) is 0 Å². The maximum Gasteiger partial charge on any atom is 0.236 e. The van der Waals surface area contributed by atoms with Gasteiger partial charge in [-0.15, -0.1) is 0 Å². The van der Waals surface area contributed by atoms with Crippen molar-refractivity contribution in [1.82, 2.24) is 19.4 Å². The predicted octanol–water partition coefficient (Wildman–Crippen LogP) is 1.10. The lowest BCUT2D eigenvalue weighted by molar-refractivity contribution is -0.130. The molecule has 1 aromatic rings. The number of hydrogen-bond donors (Lipinski definition) is 0. The van der Waals surface area contributed by atoms with Gasteiger partial charge in [-0.25, -0.2) is 4.98 Å². The normalized spacial score (nSPS) is 18.8. The van der Waals surface area contributed by atoms with Crippen LogP contribution in [0, 0.1) is 5.92 Å². The van der Waals surface area contributed by atoms with E-state index in [0.29, 0.717) is 13.2 Å². The lowest BCUT2D eigenvalue weighted by Gasteiger charge is -2.21. The zero-order valence-electron chi connectivity index (χ0n) is 13.6. The number of fused-ring (bicyclic) bond motifs is 1. The molecule has 2 heterocycles. The van der Waals surface area contributed by atoms with Crippen molar-refractivity contribution in [3.63, 3.8) is 0 Å². The molecule has 0 radical (unpaired) electrons. The highest BCUT2D eigenvalue weighted by Crippen LogP contribution is 2.29. The van der Waals surface area contributed by atoms with E-state index >= 15 is 0 Å². The molecule has 1 saturated carbocycles. The van der Waals surface area contributed by atoms with Gasteiger partial charge in [0, 0.05) is 40.3 Å². The summed E-state index contributed by atoms with van der Waals surface area (Å²) in [4.78, 5) is 20.3. The molecule has 0 bridgehead atoms. The van der Waals surface area contributed by atoms with E-state index in [-0.39, 0.29) is 5.91 Å². The first-order valence-corrected chi connectivity index (χ1v) is 8.16. The van der Waals surface area contributed by atoms with Crippen LogP contribution in [-0.4, -0.2) is 59.0 Å². The van der Waals surface area contributed by atoms with Crippen LogP contribution >= 0.6 is 0 Å². The van der Waals surface area contributed by atoms with Crippen molar-refractivity contribution in [3.05, 3.63) is 17.7 Å². The Morgan fingerprint density at radius 1 is 1.41 bits per heavy atom. The second-order valence-corrected chi connectivity index (χ2v) is 6.64. The number of aromatic nitrogens is 2. The number of nitrogens with zero attached hydrogens (tertiary/aromatic N) is 4. The molecule has 1 fully saturated rings. The molecule has 0 unspecified atom stereocenters. The molecule has 0 atom stereocenters. The highest BCUT2D eigenvalue weighted by atomic mass is 16.5. The predicted molar refractivity (Wildman–Crippen MR) is 83.2 cm³/mol. The summed E-state index contributed by atoms with van der Waals surface area (Å²) in [6.45, 7) is 4.62. The fourth-order valence-corrected chi connectivity index (χ4v) is 2.77.